The van der Waals surface area contributed by atoms with Crippen molar-refractivity contribution in [2.45, 2.75) is 136 Å². The molecule has 0 aromatic rings. The summed E-state index contributed by atoms with van der Waals surface area (Å²) in [4.78, 5) is 22.9. The summed E-state index contributed by atoms with van der Waals surface area (Å²) in [5.74, 6) is -0.396. The molecule has 0 rings (SSSR count). The number of esters is 1. The Morgan fingerprint density at radius 1 is 0.767 bits per heavy atom. The highest BCUT2D eigenvalue weighted by atomic mass is 16.5. The van der Waals surface area contributed by atoms with E-state index in [-0.39, 0.29) is 24.5 Å². The first-order chi connectivity index (χ1) is 14.5. The SMILES string of the molecule is CCCCCCCCCCCCCCCCC/C=C(\C)C(=O)NC(C)COC(C)=O. The lowest BCUT2D eigenvalue weighted by atomic mass is 10.0. The molecule has 0 aliphatic carbocycles. The summed E-state index contributed by atoms with van der Waals surface area (Å²) in [6, 6.07) is -0.171. The smallest absolute Gasteiger partial charge is 0.302 e. The van der Waals surface area contributed by atoms with Gasteiger partial charge in [0.05, 0.1) is 6.04 Å². The van der Waals surface area contributed by atoms with Crippen LogP contribution in [-0.4, -0.2) is 24.5 Å². The van der Waals surface area contributed by atoms with Crippen molar-refractivity contribution in [1.29, 1.82) is 0 Å². The van der Waals surface area contributed by atoms with E-state index >= 15 is 0 Å². The fraction of sp³-hybridized carbons (Fsp3) is 0.846. The van der Waals surface area contributed by atoms with Gasteiger partial charge < -0.3 is 10.1 Å². The maximum atomic E-state index is 12.1. The fourth-order valence-electron chi connectivity index (χ4n) is 3.55. The number of hydrogen-bond acceptors (Lipinski definition) is 3. The summed E-state index contributed by atoms with van der Waals surface area (Å²) in [6.45, 7) is 7.55. The van der Waals surface area contributed by atoms with E-state index in [0.29, 0.717) is 0 Å². The lowest BCUT2D eigenvalue weighted by Gasteiger charge is -2.13. The first-order valence-corrected chi connectivity index (χ1v) is 12.6. The molecule has 1 atom stereocenters. The van der Waals surface area contributed by atoms with Crippen molar-refractivity contribution in [2.75, 3.05) is 6.61 Å². The normalized spacial score (nSPS) is 12.6. The van der Waals surface area contributed by atoms with E-state index in [0.717, 1.165) is 18.4 Å². The van der Waals surface area contributed by atoms with E-state index in [9.17, 15) is 9.59 Å². The van der Waals surface area contributed by atoms with Gasteiger partial charge in [0.15, 0.2) is 0 Å². The minimum atomic E-state index is -0.323. The van der Waals surface area contributed by atoms with E-state index in [1.165, 1.54) is 96.8 Å². The maximum Gasteiger partial charge on any atom is 0.302 e. The van der Waals surface area contributed by atoms with Crippen LogP contribution in [0.15, 0.2) is 11.6 Å². The quantitative estimate of drug-likeness (QED) is 0.127. The van der Waals surface area contributed by atoms with Gasteiger partial charge in [0, 0.05) is 12.5 Å². The van der Waals surface area contributed by atoms with Crippen molar-refractivity contribution in [3.05, 3.63) is 11.6 Å². The molecule has 1 amide bonds. The molecule has 0 aromatic carbocycles. The monoisotopic (exact) mass is 423 g/mol. The molecule has 4 nitrogen and oxygen atoms in total. The molecule has 0 saturated heterocycles. The number of unbranched alkanes of at least 4 members (excludes halogenated alkanes) is 15. The van der Waals surface area contributed by atoms with E-state index in [1.54, 1.807) is 0 Å². The summed E-state index contributed by atoms with van der Waals surface area (Å²) in [5, 5.41) is 2.86. The number of amides is 1. The second kappa shape index (κ2) is 20.9. The van der Waals surface area contributed by atoms with Crippen LogP contribution in [0.2, 0.25) is 0 Å². The predicted octanol–water partition coefficient (Wildman–Crippen LogP) is 7.26. The van der Waals surface area contributed by atoms with Crippen LogP contribution < -0.4 is 5.32 Å². The maximum absolute atomic E-state index is 12.1. The van der Waals surface area contributed by atoms with Crippen LogP contribution in [0.4, 0.5) is 0 Å². The van der Waals surface area contributed by atoms with Gasteiger partial charge in [0.1, 0.15) is 6.61 Å². The van der Waals surface area contributed by atoms with Crippen LogP contribution in [-0.2, 0) is 14.3 Å². The van der Waals surface area contributed by atoms with E-state index in [1.807, 2.05) is 19.9 Å². The summed E-state index contributed by atoms with van der Waals surface area (Å²) in [5.41, 5.74) is 0.745. The number of allylic oxidation sites excluding steroid dienone is 1. The molecule has 0 heterocycles. The molecule has 1 unspecified atom stereocenters. The minimum absolute atomic E-state index is 0.0735. The van der Waals surface area contributed by atoms with Gasteiger partial charge in [-0.05, 0) is 26.7 Å². The van der Waals surface area contributed by atoms with Gasteiger partial charge in [0.2, 0.25) is 5.91 Å². The molecular formula is C26H49NO3. The number of rotatable bonds is 20. The van der Waals surface area contributed by atoms with Gasteiger partial charge in [-0.1, -0.05) is 103 Å². The number of nitrogens with one attached hydrogen (secondary N) is 1. The third-order valence-corrected chi connectivity index (χ3v) is 5.53. The minimum Gasteiger partial charge on any atom is -0.464 e. The highest BCUT2D eigenvalue weighted by Gasteiger charge is 2.09. The Bertz CT molecular complexity index is 459. The Hall–Kier alpha value is -1.32. The summed E-state index contributed by atoms with van der Waals surface area (Å²) >= 11 is 0. The van der Waals surface area contributed by atoms with Gasteiger partial charge in [-0.15, -0.1) is 0 Å². The van der Waals surface area contributed by atoms with E-state index in [2.05, 4.69) is 12.2 Å². The van der Waals surface area contributed by atoms with Crippen molar-refractivity contribution < 1.29 is 14.3 Å². The van der Waals surface area contributed by atoms with Gasteiger partial charge in [0.25, 0.3) is 0 Å². The molecule has 30 heavy (non-hydrogen) atoms. The second-order valence-corrected chi connectivity index (χ2v) is 8.80. The number of hydrogen-bond donors (Lipinski definition) is 1. The van der Waals surface area contributed by atoms with Crippen LogP contribution in [0.3, 0.4) is 0 Å². The molecule has 0 radical (unpaired) electrons. The zero-order valence-corrected chi connectivity index (χ0v) is 20.4. The Kier molecular flexibility index (Phi) is 20.0. The molecule has 0 aliphatic heterocycles. The molecule has 0 spiro atoms. The highest BCUT2D eigenvalue weighted by molar-refractivity contribution is 5.92. The van der Waals surface area contributed by atoms with Crippen molar-refractivity contribution in [3.8, 4) is 0 Å². The van der Waals surface area contributed by atoms with E-state index < -0.39 is 0 Å². The van der Waals surface area contributed by atoms with Gasteiger partial charge >= 0.3 is 5.97 Å². The van der Waals surface area contributed by atoms with Crippen LogP contribution in [0.25, 0.3) is 0 Å². The molecule has 0 aromatic heterocycles. The number of carbonyl (C=O) groups is 2. The molecule has 1 N–H and O–H groups in total. The van der Waals surface area contributed by atoms with Crippen molar-refractivity contribution in [3.63, 3.8) is 0 Å². The molecule has 4 heteroatoms. The number of carbonyl (C=O) groups excluding carboxylic acids is 2. The predicted molar refractivity (Wildman–Crippen MR) is 128 cm³/mol. The third kappa shape index (κ3) is 20.0. The molecule has 176 valence electrons. The largest absolute Gasteiger partial charge is 0.464 e. The lowest BCUT2D eigenvalue weighted by molar-refractivity contribution is -0.142. The van der Waals surface area contributed by atoms with Crippen molar-refractivity contribution >= 4 is 11.9 Å². The molecule has 0 saturated carbocycles. The Labute approximate surface area is 186 Å². The number of ether oxygens (including phenoxy) is 1. The standard InChI is InChI=1S/C26H49NO3/c1-5-6-7-8-9-10-11-12-13-14-15-16-17-18-19-20-21-23(2)26(29)27-24(3)22-30-25(4)28/h21,24H,5-20,22H2,1-4H3,(H,27,29)/b23-21+. The molecule has 0 aliphatic rings. The van der Waals surface area contributed by atoms with Crippen LogP contribution in [0.1, 0.15) is 130 Å². The van der Waals surface area contributed by atoms with Crippen LogP contribution in [0, 0.1) is 0 Å². The highest BCUT2D eigenvalue weighted by Crippen LogP contribution is 2.14. The van der Waals surface area contributed by atoms with Crippen LogP contribution in [0.5, 0.6) is 0 Å². The van der Waals surface area contributed by atoms with E-state index in [4.69, 9.17) is 4.74 Å². The molecule has 0 bridgehead atoms. The first-order valence-electron chi connectivity index (χ1n) is 12.6. The van der Waals surface area contributed by atoms with Gasteiger partial charge in [-0.3, -0.25) is 9.59 Å². The van der Waals surface area contributed by atoms with Gasteiger partial charge in [-0.25, -0.2) is 0 Å². The Morgan fingerprint density at radius 2 is 1.20 bits per heavy atom. The molecular weight excluding hydrogens is 374 g/mol. The Morgan fingerprint density at radius 3 is 1.63 bits per heavy atom. The average Bonchev–Trinajstić information content (AvgIpc) is 2.71. The Balaban J connectivity index is 3.47. The van der Waals surface area contributed by atoms with Crippen molar-refractivity contribution in [2.24, 2.45) is 0 Å². The lowest BCUT2D eigenvalue weighted by Crippen LogP contribution is -2.36. The zero-order valence-electron chi connectivity index (χ0n) is 20.4. The fourth-order valence-corrected chi connectivity index (χ4v) is 3.55. The molecule has 0 fully saturated rings. The average molecular weight is 424 g/mol. The summed E-state index contributed by atoms with van der Waals surface area (Å²) in [7, 11) is 0. The topological polar surface area (TPSA) is 55.4 Å². The van der Waals surface area contributed by atoms with Crippen molar-refractivity contribution in [1.82, 2.24) is 5.32 Å². The second-order valence-electron chi connectivity index (χ2n) is 8.80. The zero-order chi connectivity index (χ0) is 22.5. The first kappa shape index (κ1) is 28.7. The summed E-state index contributed by atoms with van der Waals surface area (Å²) in [6.07, 6.45) is 23.5. The third-order valence-electron chi connectivity index (χ3n) is 5.53. The summed E-state index contributed by atoms with van der Waals surface area (Å²) < 4.78 is 4.91. The van der Waals surface area contributed by atoms with Crippen LogP contribution >= 0.6 is 0 Å². The van der Waals surface area contributed by atoms with Gasteiger partial charge in [-0.2, -0.15) is 0 Å².